The van der Waals surface area contributed by atoms with E-state index < -0.39 is 60.6 Å². The Kier molecular flexibility index (Phi) is 12.2. The van der Waals surface area contributed by atoms with Crippen molar-refractivity contribution < 1.29 is 47.8 Å². The number of aliphatic carboxylic acids is 1. The Morgan fingerprint density at radius 1 is 0.918 bits per heavy atom. The normalized spacial score (nSPS) is 12.0. The Balaban J connectivity index is 1.41. The van der Waals surface area contributed by atoms with Crippen molar-refractivity contribution in [3.63, 3.8) is 0 Å². The number of carbonyl (C=O) groups excluding carboxylic acids is 4. The van der Waals surface area contributed by atoms with Crippen molar-refractivity contribution in [1.82, 2.24) is 20.8 Å². The Morgan fingerprint density at radius 3 is 2.29 bits per heavy atom. The van der Waals surface area contributed by atoms with Gasteiger partial charge in [0.25, 0.3) is 5.89 Å². The molecule has 256 valence electrons. The molecule has 14 nitrogen and oxygen atoms in total. The summed E-state index contributed by atoms with van der Waals surface area (Å²) in [4.78, 5) is 68.4. The van der Waals surface area contributed by atoms with Gasteiger partial charge in [-0.15, -0.1) is 0 Å². The van der Waals surface area contributed by atoms with Gasteiger partial charge < -0.3 is 34.5 Å². The fourth-order valence-electron chi connectivity index (χ4n) is 4.73. The molecule has 0 aliphatic carbocycles. The molecule has 0 bridgehead atoms. The molecule has 0 spiro atoms. The number of esters is 1. The lowest BCUT2D eigenvalue weighted by atomic mass is 10.0. The Morgan fingerprint density at radius 2 is 1.63 bits per heavy atom. The Hall–Kier alpha value is -6.05. The van der Waals surface area contributed by atoms with E-state index in [9.17, 15) is 29.1 Å². The molecule has 49 heavy (non-hydrogen) atoms. The van der Waals surface area contributed by atoms with Gasteiger partial charge in [-0.25, -0.2) is 4.79 Å². The lowest BCUT2D eigenvalue weighted by Crippen LogP contribution is -2.54. The molecule has 4 rings (SSSR count). The number of hydrogen-bond donors (Lipinski definition) is 3. The Bertz CT molecular complexity index is 1800. The number of benzene rings is 3. The van der Waals surface area contributed by atoms with E-state index in [2.05, 4.69) is 20.8 Å². The zero-order chi connectivity index (χ0) is 35.5. The van der Waals surface area contributed by atoms with Crippen LogP contribution in [0.25, 0.3) is 11.5 Å². The van der Waals surface area contributed by atoms with Crippen LogP contribution in [0.4, 0.5) is 0 Å². The predicted molar refractivity (Wildman–Crippen MR) is 174 cm³/mol. The molecule has 1 aromatic heterocycles. The van der Waals surface area contributed by atoms with E-state index >= 15 is 0 Å². The molecule has 2 atom stereocenters. The number of carboxylic acid groups (broad SMARTS) is 1. The average Bonchev–Trinajstić information content (AvgIpc) is 3.52. The first-order chi connectivity index (χ1) is 23.4. The van der Waals surface area contributed by atoms with Crippen LogP contribution in [0.5, 0.6) is 17.2 Å². The van der Waals surface area contributed by atoms with Crippen LogP contribution in [0.3, 0.4) is 0 Å². The largest absolute Gasteiger partial charge is 0.496 e. The number of nitrogens with one attached hydrogen (secondary N) is 2. The summed E-state index contributed by atoms with van der Waals surface area (Å²) in [6, 6.07) is 17.3. The second-order valence-corrected chi connectivity index (χ2v) is 11.3. The van der Waals surface area contributed by atoms with Gasteiger partial charge in [-0.3, -0.25) is 19.2 Å². The molecule has 2 amide bonds. The van der Waals surface area contributed by atoms with Gasteiger partial charge in [0.15, 0.2) is 18.2 Å². The highest BCUT2D eigenvalue weighted by atomic mass is 16.5. The summed E-state index contributed by atoms with van der Waals surface area (Å²) < 4.78 is 21.6. The molecular formula is C35H36N4O10. The lowest BCUT2D eigenvalue weighted by Gasteiger charge is -2.24. The maximum atomic E-state index is 13.4. The molecule has 1 heterocycles. The maximum Gasteiger partial charge on any atom is 0.342 e. The molecular weight excluding hydrogens is 636 g/mol. The van der Waals surface area contributed by atoms with E-state index in [0.717, 1.165) is 0 Å². The van der Waals surface area contributed by atoms with E-state index in [1.807, 2.05) is 0 Å². The smallest absolute Gasteiger partial charge is 0.342 e. The molecule has 0 saturated carbocycles. The van der Waals surface area contributed by atoms with E-state index in [1.165, 1.54) is 13.2 Å². The second-order valence-electron chi connectivity index (χ2n) is 11.3. The summed E-state index contributed by atoms with van der Waals surface area (Å²) in [5, 5.41) is 18.3. The molecule has 0 aliphatic rings. The number of carboxylic acids is 1. The maximum absolute atomic E-state index is 13.4. The highest BCUT2D eigenvalue weighted by Gasteiger charge is 2.31. The molecule has 0 unspecified atom stereocenters. The number of aryl methyl sites for hydroxylation is 1. The molecule has 3 N–H and O–H groups in total. The predicted octanol–water partition coefficient (Wildman–Crippen LogP) is 3.91. The van der Waals surface area contributed by atoms with Gasteiger partial charge in [-0.1, -0.05) is 49.3 Å². The number of para-hydroxylation sites is 2. The molecule has 4 aromatic rings. The number of ketones is 1. The minimum atomic E-state index is -1.55. The van der Waals surface area contributed by atoms with Crippen molar-refractivity contribution in [2.45, 2.75) is 45.7 Å². The SMILES string of the molecule is COc1ccc(-c2nc(C)no2)cc1CC(=O)N[C@H](C(=O)N[C@@H](CC(=O)O)C(=O)COC(=O)c1ccccc1Oc1ccccc1)C(C)C. The van der Waals surface area contributed by atoms with Gasteiger partial charge in [0.05, 0.1) is 20.0 Å². The monoisotopic (exact) mass is 672 g/mol. The summed E-state index contributed by atoms with van der Waals surface area (Å²) >= 11 is 0. The van der Waals surface area contributed by atoms with Crippen LogP contribution in [0.1, 0.15) is 42.0 Å². The molecule has 3 aromatic carbocycles. The minimum absolute atomic E-state index is 0.0370. The standard InChI is InChI=1S/C35H36N4O10/c1-20(2)32(38-30(41)17-23-16-22(14-15-28(23)46-4)34-36-21(3)39-49-34)33(44)37-26(18-31(42)43)27(40)19-47-35(45)25-12-8-9-13-29(25)48-24-10-6-5-7-11-24/h5-16,20,26,32H,17-19H2,1-4H3,(H,37,44)(H,38,41)(H,42,43)/t26-,32-/m0/s1. The highest BCUT2D eigenvalue weighted by Crippen LogP contribution is 2.27. The third-order valence-electron chi connectivity index (χ3n) is 7.18. The van der Waals surface area contributed by atoms with Crippen LogP contribution in [-0.2, 0) is 30.3 Å². The fourth-order valence-corrected chi connectivity index (χ4v) is 4.73. The summed E-state index contributed by atoms with van der Waals surface area (Å²) in [6.45, 7) is 4.19. The van der Waals surface area contributed by atoms with Crippen molar-refractivity contribution >= 4 is 29.5 Å². The zero-order valence-corrected chi connectivity index (χ0v) is 27.3. The highest BCUT2D eigenvalue weighted by molar-refractivity contribution is 5.98. The number of carbonyl (C=O) groups is 5. The van der Waals surface area contributed by atoms with Crippen LogP contribution >= 0.6 is 0 Å². The second kappa shape index (κ2) is 16.7. The topological polar surface area (TPSA) is 196 Å². The van der Waals surface area contributed by atoms with Crippen molar-refractivity contribution in [3.05, 3.63) is 89.7 Å². The van der Waals surface area contributed by atoms with Crippen LogP contribution < -0.4 is 20.1 Å². The molecule has 0 aliphatic heterocycles. The summed E-state index contributed by atoms with van der Waals surface area (Å²) in [5.41, 5.74) is 1.08. The summed E-state index contributed by atoms with van der Waals surface area (Å²) in [6.07, 6.45) is -0.975. The number of methoxy groups -OCH3 is 1. The van der Waals surface area contributed by atoms with Gasteiger partial charge in [0, 0.05) is 11.1 Å². The summed E-state index contributed by atoms with van der Waals surface area (Å²) in [7, 11) is 1.45. The van der Waals surface area contributed by atoms with Crippen LogP contribution in [0.2, 0.25) is 0 Å². The lowest BCUT2D eigenvalue weighted by molar-refractivity contribution is -0.141. The van der Waals surface area contributed by atoms with Crippen LogP contribution in [0, 0.1) is 12.8 Å². The van der Waals surface area contributed by atoms with Crippen molar-refractivity contribution in [1.29, 1.82) is 0 Å². The van der Waals surface area contributed by atoms with Gasteiger partial charge in [0.1, 0.15) is 34.9 Å². The van der Waals surface area contributed by atoms with Crippen molar-refractivity contribution in [2.75, 3.05) is 13.7 Å². The van der Waals surface area contributed by atoms with Gasteiger partial charge >= 0.3 is 11.9 Å². The summed E-state index contributed by atoms with van der Waals surface area (Å²) in [5.74, 6) is -3.16. The van der Waals surface area contributed by atoms with E-state index in [-0.39, 0.29) is 23.6 Å². The quantitative estimate of drug-likeness (QED) is 0.145. The first kappa shape index (κ1) is 35.8. The number of aromatic nitrogens is 2. The van der Waals surface area contributed by atoms with Gasteiger partial charge in [-0.05, 0) is 55.3 Å². The van der Waals surface area contributed by atoms with Crippen LogP contribution in [-0.4, -0.2) is 70.6 Å². The minimum Gasteiger partial charge on any atom is -0.496 e. The number of rotatable bonds is 16. The number of ether oxygens (including phenoxy) is 3. The number of nitrogens with zero attached hydrogens (tertiary/aromatic N) is 2. The number of Topliss-reactive ketones (excluding diaryl/α,β-unsaturated/α-hetero) is 1. The van der Waals surface area contributed by atoms with Crippen molar-refractivity contribution in [3.8, 4) is 28.7 Å². The van der Waals surface area contributed by atoms with Crippen LogP contribution in [0.15, 0.2) is 77.3 Å². The van der Waals surface area contributed by atoms with E-state index in [4.69, 9.17) is 18.7 Å². The zero-order valence-electron chi connectivity index (χ0n) is 27.3. The molecule has 14 heteroatoms. The first-order valence-corrected chi connectivity index (χ1v) is 15.3. The van der Waals surface area contributed by atoms with Gasteiger partial charge in [0.2, 0.25) is 11.8 Å². The first-order valence-electron chi connectivity index (χ1n) is 15.3. The number of amides is 2. The van der Waals surface area contributed by atoms with E-state index in [1.54, 1.807) is 87.5 Å². The Labute approximate surface area is 281 Å². The molecule has 0 fully saturated rings. The van der Waals surface area contributed by atoms with Crippen molar-refractivity contribution in [2.24, 2.45) is 5.92 Å². The fraction of sp³-hybridized carbons (Fsp3) is 0.286. The average molecular weight is 673 g/mol. The molecule has 0 radical (unpaired) electrons. The van der Waals surface area contributed by atoms with Gasteiger partial charge in [-0.2, -0.15) is 4.98 Å². The number of hydrogen-bond acceptors (Lipinski definition) is 11. The third-order valence-corrected chi connectivity index (χ3v) is 7.18. The third kappa shape index (κ3) is 9.97. The molecule has 0 saturated heterocycles. The van der Waals surface area contributed by atoms with E-state index in [0.29, 0.717) is 28.5 Å².